The molecule has 0 aromatic heterocycles. The zero-order valence-electron chi connectivity index (χ0n) is 8.89. The van der Waals surface area contributed by atoms with Crippen LogP contribution in [0.15, 0.2) is 12.2 Å². The number of amides is 1. The van der Waals surface area contributed by atoms with Crippen molar-refractivity contribution in [2.24, 2.45) is 5.41 Å². The maximum Gasteiger partial charge on any atom is 0.318 e. The number of carboxylic acid groups (broad SMARTS) is 1. The minimum absolute atomic E-state index is 0.275. The lowest BCUT2D eigenvalue weighted by molar-refractivity contribution is -0.154. The highest BCUT2D eigenvalue weighted by molar-refractivity contribution is 6.01. The number of carboxylic acids is 1. The number of aliphatic carboxylic acids is 1. The minimum atomic E-state index is -1.35. The summed E-state index contributed by atoms with van der Waals surface area (Å²) in [6, 6.07) is 0. The molecule has 0 saturated heterocycles. The Balaban J connectivity index is 4.64. The molecule has 0 heterocycles. The standard InChI is InChI=1S/C10H17NO3/c1-7(2)5-6-10(3,9(13)14)8(12)11-4/h1,5-6H2,2-4H3,(H,11,12)(H,13,14). The van der Waals surface area contributed by atoms with Gasteiger partial charge in [-0.2, -0.15) is 0 Å². The number of carbonyl (C=O) groups excluding carboxylic acids is 1. The van der Waals surface area contributed by atoms with Crippen molar-refractivity contribution >= 4 is 11.9 Å². The molecule has 0 rings (SSSR count). The first-order chi connectivity index (χ1) is 6.34. The highest BCUT2D eigenvalue weighted by atomic mass is 16.4. The number of hydrogen-bond donors (Lipinski definition) is 2. The summed E-state index contributed by atoms with van der Waals surface area (Å²) in [5, 5.41) is 11.3. The number of carbonyl (C=O) groups is 2. The van der Waals surface area contributed by atoms with Gasteiger partial charge in [-0.1, -0.05) is 5.57 Å². The van der Waals surface area contributed by atoms with Crippen molar-refractivity contribution < 1.29 is 14.7 Å². The van der Waals surface area contributed by atoms with E-state index in [1.54, 1.807) is 0 Å². The van der Waals surface area contributed by atoms with Crippen LogP contribution in [-0.4, -0.2) is 24.0 Å². The van der Waals surface area contributed by atoms with Gasteiger partial charge in [-0.25, -0.2) is 0 Å². The Morgan fingerprint density at radius 2 is 2.00 bits per heavy atom. The highest BCUT2D eigenvalue weighted by Gasteiger charge is 2.39. The van der Waals surface area contributed by atoms with E-state index in [-0.39, 0.29) is 6.42 Å². The molecule has 0 fully saturated rings. The second-order valence-corrected chi connectivity index (χ2v) is 3.67. The summed E-state index contributed by atoms with van der Waals surface area (Å²) in [6.07, 6.45) is 0.813. The van der Waals surface area contributed by atoms with Gasteiger partial charge in [0.15, 0.2) is 0 Å². The van der Waals surface area contributed by atoms with E-state index < -0.39 is 17.3 Å². The van der Waals surface area contributed by atoms with E-state index in [2.05, 4.69) is 11.9 Å². The van der Waals surface area contributed by atoms with Crippen LogP contribution in [0.25, 0.3) is 0 Å². The van der Waals surface area contributed by atoms with Gasteiger partial charge in [0.2, 0.25) is 5.91 Å². The first-order valence-corrected chi connectivity index (χ1v) is 4.44. The lowest BCUT2D eigenvalue weighted by atomic mass is 9.83. The second kappa shape index (κ2) is 4.79. The maximum atomic E-state index is 11.4. The van der Waals surface area contributed by atoms with E-state index in [9.17, 15) is 9.59 Å². The van der Waals surface area contributed by atoms with Crippen LogP contribution in [0.5, 0.6) is 0 Å². The summed E-state index contributed by atoms with van der Waals surface area (Å²) in [6.45, 7) is 6.92. The molecule has 0 aromatic carbocycles. The van der Waals surface area contributed by atoms with Gasteiger partial charge in [-0.15, -0.1) is 6.58 Å². The maximum absolute atomic E-state index is 11.4. The molecule has 0 radical (unpaired) electrons. The molecule has 0 aromatic rings. The Morgan fingerprint density at radius 3 is 2.29 bits per heavy atom. The molecule has 4 heteroatoms. The summed E-state index contributed by atoms with van der Waals surface area (Å²) in [5.74, 6) is -1.57. The van der Waals surface area contributed by atoms with Crippen molar-refractivity contribution in [3.63, 3.8) is 0 Å². The van der Waals surface area contributed by atoms with Gasteiger partial charge in [0.25, 0.3) is 0 Å². The summed E-state index contributed by atoms with van der Waals surface area (Å²) in [5.41, 5.74) is -0.477. The van der Waals surface area contributed by atoms with Gasteiger partial charge in [-0.3, -0.25) is 9.59 Å². The first kappa shape index (κ1) is 12.7. The van der Waals surface area contributed by atoms with Crippen LogP contribution in [0.4, 0.5) is 0 Å². The van der Waals surface area contributed by atoms with E-state index in [1.165, 1.54) is 14.0 Å². The zero-order chi connectivity index (χ0) is 11.4. The van der Waals surface area contributed by atoms with Crippen LogP contribution in [0.1, 0.15) is 26.7 Å². The fourth-order valence-electron chi connectivity index (χ4n) is 1.06. The number of hydrogen-bond acceptors (Lipinski definition) is 2. The molecule has 2 N–H and O–H groups in total. The molecular formula is C10H17NO3. The molecule has 1 unspecified atom stereocenters. The van der Waals surface area contributed by atoms with Crippen LogP contribution < -0.4 is 5.32 Å². The number of rotatable bonds is 5. The SMILES string of the molecule is C=C(C)CCC(C)(C(=O)O)C(=O)NC. The molecule has 0 aliphatic rings. The van der Waals surface area contributed by atoms with Crippen molar-refractivity contribution in [1.29, 1.82) is 0 Å². The number of allylic oxidation sites excluding steroid dienone is 1. The second-order valence-electron chi connectivity index (χ2n) is 3.67. The molecule has 80 valence electrons. The third-order valence-corrected chi connectivity index (χ3v) is 2.25. The van der Waals surface area contributed by atoms with Crippen LogP contribution in [-0.2, 0) is 9.59 Å². The van der Waals surface area contributed by atoms with E-state index in [0.29, 0.717) is 6.42 Å². The third kappa shape index (κ3) is 2.87. The van der Waals surface area contributed by atoms with E-state index in [4.69, 9.17) is 5.11 Å². The Bertz CT molecular complexity index is 260. The quantitative estimate of drug-likeness (QED) is 0.516. The largest absolute Gasteiger partial charge is 0.480 e. The van der Waals surface area contributed by atoms with Crippen LogP contribution >= 0.6 is 0 Å². The fourth-order valence-corrected chi connectivity index (χ4v) is 1.06. The molecule has 0 spiro atoms. The topological polar surface area (TPSA) is 66.4 Å². The van der Waals surface area contributed by atoms with Gasteiger partial charge < -0.3 is 10.4 Å². The van der Waals surface area contributed by atoms with Crippen molar-refractivity contribution in [3.8, 4) is 0 Å². The van der Waals surface area contributed by atoms with E-state index >= 15 is 0 Å². The van der Waals surface area contributed by atoms with Crippen molar-refractivity contribution in [1.82, 2.24) is 5.32 Å². The molecule has 0 bridgehead atoms. The monoisotopic (exact) mass is 199 g/mol. The van der Waals surface area contributed by atoms with Crippen molar-refractivity contribution in [2.45, 2.75) is 26.7 Å². The lowest BCUT2D eigenvalue weighted by Crippen LogP contribution is -2.43. The predicted octanol–water partition coefficient (Wildman–Crippen LogP) is 1.18. The van der Waals surface area contributed by atoms with Gasteiger partial charge in [-0.05, 0) is 26.7 Å². The van der Waals surface area contributed by atoms with Gasteiger partial charge in [0, 0.05) is 7.05 Å². The molecular weight excluding hydrogens is 182 g/mol. The molecule has 0 saturated carbocycles. The predicted molar refractivity (Wildman–Crippen MR) is 53.9 cm³/mol. The Kier molecular flexibility index (Phi) is 4.34. The van der Waals surface area contributed by atoms with E-state index in [1.807, 2.05) is 6.92 Å². The van der Waals surface area contributed by atoms with Gasteiger partial charge in [0.1, 0.15) is 5.41 Å². The summed E-state index contributed by atoms with van der Waals surface area (Å²) < 4.78 is 0. The summed E-state index contributed by atoms with van der Waals surface area (Å²) >= 11 is 0. The molecule has 0 aliphatic heterocycles. The Morgan fingerprint density at radius 1 is 1.50 bits per heavy atom. The zero-order valence-corrected chi connectivity index (χ0v) is 8.89. The van der Waals surface area contributed by atoms with Crippen LogP contribution in [0, 0.1) is 5.41 Å². The lowest BCUT2D eigenvalue weighted by Gasteiger charge is -2.22. The Hall–Kier alpha value is -1.32. The molecule has 1 amide bonds. The molecule has 0 aliphatic carbocycles. The molecule has 4 nitrogen and oxygen atoms in total. The summed E-state index contributed by atoms with van der Waals surface area (Å²) in [7, 11) is 1.43. The van der Waals surface area contributed by atoms with Crippen LogP contribution in [0.2, 0.25) is 0 Å². The van der Waals surface area contributed by atoms with Gasteiger partial charge in [0.05, 0.1) is 0 Å². The summed E-state index contributed by atoms with van der Waals surface area (Å²) in [4.78, 5) is 22.3. The Labute approximate surface area is 84.0 Å². The smallest absolute Gasteiger partial charge is 0.318 e. The van der Waals surface area contributed by atoms with Gasteiger partial charge >= 0.3 is 5.97 Å². The van der Waals surface area contributed by atoms with Crippen molar-refractivity contribution in [2.75, 3.05) is 7.05 Å². The normalized spacial score (nSPS) is 14.2. The average molecular weight is 199 g/mol. The third-order valence-electron chi connectivity index (χ3n) is 2.25. The molecule has 14 heavy (non-hydrogen) atoms. The molecule has 1 atom stereocenters. The number of nitrogens with one attached hydrogen (secondary N) is 1. The minimum Gasteiger partial charge on any atom is -0.480 e. The van der Waals surface area contributed by atoms with Crippen molar-refractivity contribution in [3.05, 3.63) is 12.2 Å². The first-order valence-electron chi connectivity index (χ1n) is 4.44. The highest BCUT2D eigenvalue weighted by Crippen LogP contribution is 2.25. The fraction of sp³-hybridized carbons (Fsp3) is 0.600. The average Bonchev–Trinajstić information content (AvgIpc) is 2.12. The van der Waals surface area contributed by atoms with Crippen LogP contribution in [0.3, 0.4) is 0 Å². The van der Waals surface area contributed by atoms with E-state index in [0.717, 1.165) is 5.57 Å².